The van der Waals surface area contributed by atoms with Gasteiger partial charge >= 0.3 is 0 Å². The van der Waals surface area contributed by atoms with Crippen LogP contribution in [0, 0.1) is 0 Å². The van der Waals surface area contributed by atoms with Crippen molar-refractivity contribution in [2.75, 3.05) is 38.8 Å². The standard InChI is InChI=1S/C17H23BrN2O5S/c1-24-14-7-11(8-15(25-2)16(14)18)17(21)19-12-9-26(22,23)10-13(12)20-5-3-4-6-20/h7-8,12-13H,3-6,9-10H2,1-2H3,(H,19,21). The minimum absolute atomic E-state index is 0.0231. The summed E-state index contributed by atoms with van der Waals surface area (Å²) in [7, 11) is -0.139. The van der Waals surface area contributed by atoms with E-state index in [-0.39, 0.29) is 23.5 Å². The van der Waals surface area contributed by atoms with E-state index in [2.05, 4.69) is 26.1 Å². The van der Waals surface area contributed by atoms with Gasteiger partial charge in [-0.2, -0.15) is 0 Å². The van der Waals surface area contributed by atoms with Crippen molar-refractivity contribution in [3.63, 3.8) is 0 Å². The van der Waals surface area contributed by atoms with Crippen molar-refractivity contribution < 1.29 is 22.7 Å². The number of ether oxygens (including phenoxy) is 2. The Hall–Kier alpha value is -1.32. The fourth-order valence-corrected chi connectivity index (χ4v) is 6.16. The number of nitrogens with one attached hydrogen (secondary N) is 1. The third-order valence-corrected chi connectivity index (χ3v) is 7.45. The topological polar surface area (TPSA) is 84.9 Å². The van der Waals surface area contributed by atoms with Crippen LogP contribution in [-0.4, -0.2) is 70.1 Å². The summed E-state index contributed by atoms with van der Waals surface area (Å²) in [6.07, 6.45) is 2.14. The van der Waals surface area contributed by atoms with E-state index in [1.54, 1.807) is 12.1 Å². The second kappa shape index (κ2) is 7.74. The molecule has 0 spiro atoms. The van der Waals surface area contributed by atoms with Gasteiger partial charge in [0.05, 0.1) is 31.8 Å². The van der Waals surface area contributed by atoms with Crippen LogP contribution in [-0.2, 0) is 9.84 Å². The smallest absolute Gasteiger partial charge is 0.251 e. The molecule has 0 bridgehead atoms. The van der Waals surface area contributed by atoms with Crippen LogP contribution in [0.5, 0.6) is 11.5 Å². The number of amides is 1. The molecule has 1 amide bonds. The second-order valence-electron chi connectivity index (χ2n) is 6.66. The molecule has 1 aromatic carbocycles. The normalized spacial score (nSPS) is 25.2. The largest absolute Gasteiger partial charge is 0.495 e. The highest BCUT2D eigenvalue weighted by atomic mass is 79.9. The van der Waals surface area contributed by atoms with Crippen LogP contribution in [0.15, 0.2) is 16.6 Å². The first-order valence-corrected chi connectivity index (χ1v) is 11.1. The van der Waals surface area contributed by atoms with Gasteiger partial charge in [0.1, 0.15) is 16.0 Å². The average molecular weight is 447 g/mol. The molecule has 1 N–H and O–H groups in total. The molecule has 0 saturated carbocycles. The van der Waals surface area contributed by atoms with E-state index in [9.17, 15) is 13.2 Å². The van der Waals surface area contributed by atoms with E-state index in [1.807, 2.05) is 0 Å². The molecule has 1 aromatic rings. The van der Waals surface area contributed by atoms with Crippen LogP contribution >= 0.6 is 15.9 Å². The van der Waals surface area contributed by atoms with E-state index in [4.69, 9.17) is 9.47 Å². The van der Waals surface area contributed by atoms with E-state index in [0.29, 0.717) is 21.5 Å². The number of rotatable bonds is 5. The van der Waals surface area contributed by atoms with Crippen molar-refractivity contribution in [2.24, 2.45) is 0 Å². The van der Waals surface area contributed by atoms with Crippen molar-refractivity contribution in [1.29, 1.82) is 0 Å². The third-order valence-electron chi connectivity index (χ3n) is 4.96. The molecule has 2 unspecified atom stereocenters. The Morgan fingerprint density at radius 1 is 1.15 bits per heavy atom. The maximum Gasteiger partial charge on any atom is 0.251 e. The third kappa shape index (κ3) is 3.99. The quantitative estimate of drug-likeness (QED) is 0.736. The van der Waals surface area contributed by atoms with Gasteiger partial charge in [-0.3, -0.25) is 9.69 Å². The molecule has 2 saturated heterocycles. The zero-order valence-corrected chi connectivity index (χ0v) is 17.2. The summed E-state index contributed by atoms with van der Waals surface area (Å²) < 4.78 is 35.5. The van der Waals surface area contributed by atoms with Crippen LogP contribution < -0.4 is 14.8 Å². The first-order chi connectivity index (χ1) is 12.3. The lowest BCUT2D eigenvalue weighted by Crippen LogP contribution is -2.50. The van der Waals surface area contributed by atoms with E-state index in [1.165, 1.54) is 14.2 Å². The minimum Gasteiger partial charge on any atom is -0.495 e. The van der Waals surface area contributed by atoms with Gasteiger partial charge in [-0.25, -0.2) is 8.42 Å². The molecule has 2 aliphatic heterocycles. The van der Waals surface area contributed by atoms with E-state index in [0.717, 1.165) is 25.9 Å². The first-order valence-electron chi connectivity index (χ1n) is 8.51. The molecule has 3 rings (SSSR count). The number of carbonyl (C=O) groups is 1. The van der Waals surface area contributed by atoms with E-state index >= 15 is 0 Å². The molecule has 2 atom stereocenters. The number of benzene rings is 1. The fourth-order valence-electron chi connectivity index (χ4n) is 3.65. The van der Waals surface area contributed by atoms with Gasteiger partial charge < -0.3 is 14.8 Å². The lowest BCUT2D eigenvalue weighted by atomic mass is 10.1. The zero-order chi connectivity index (χ0) is 18.9. The van der Waals surface area contributed by atoms with Gasteiger partial charge in [-0.1, -0.05) is 0 Å². The van der Waals surface area contributed by atoms with Crippen LogP contribution in [0.4, 0.5) is 0 Å². The second-order valence-corrected chi connectivity index (χ2v) is 9.61. The van der Waals surface area contributed by atoms with Gasteiger partial charge in [0.25, 0.3) is 5.91 Å². The van der Waals surface area contributed by atoms with Crippen molar-refractivity contribution in [3.8, 4) is 11.5 Å². The Kier molecular flexibility index (Phi) is 5.78. The number of hydrogen-bond donors (Lipinski definition) is 1. The minimum atomic E-state index is -3.16. The van der Waals surface area contributed by atoms with Gasteiger partial charge in [0.15, 0.2) is 9.84 Å². The SMILES string of the molecule is COc1cc(C(=O)NC2CS(=O)(=O)CC2N2CCCC2)cc(OC)c1Br. The molecule has 7 nitrogen and oxygen atoms in total. The molecule has 0 radical (unpaired) electrons. The molecule has 144 valence electrons. The monoisotopic (exact) mass is 446 g/mol. The Bertz CT molecular complexity index is 767. The van der Waals surface area contributed by atoms with Crippen LogP contribution in [0.3, 0.4) is 0 Å². The molecule has 26 heavy (non-hydrogen) atoms. The van der Waals surface area contributed by atoms with Gasteiger partial charge in [0, 0.05) is 11.6 Å². The summed E-state index contributed by atoms with van der Waals surface area (Å²) in [6.45, 7) is 1.76. The number of nitrogens with zero attached hydrogens (tertiary/aromatic N) is 1. The lowest BCUT2D eigenvalue weighted by Gasteiger charge is -2.28. The summed E-state index contributed by atoms with van der Waals surface area (Å²) >= 11 is 3.37. The Balaban J connectivity index is 1.82. The molecule has 9 heteroatoms. The highest BCUT2D eigenvalue weighted by Crippen LogP contribution is 2.35. The predicted molar refractivity (Wildman–Crippen MR) is 102 cm³/mol. The summed E-state index contributed by atoms with van der Waals surface area (Å²) in [5.74, 6) is 0.699. The summed E-state index contributed by atoms with van der Waals surface area (Å²) in [6, 6.07) is 2.64. The van der Waals surface area contributed by atoms with Crippen molar-refractivity contribution in [1.82, 2.24) is 10.2 Å². The number of halogens is 1. The van der Waals surface area contributed by atoms with Gasteiger partial charge in [-0.15, -0.1) is 0 Å². The molecular weight excluding hydrogens is 424 g/mol. The lowest BCUT2D eigenvalue weighted by molar-refractivity contribution is 0.0918. The number of carbonyl (C=O) groups excluding carboxylic acids is 1. The summed E-state index contributed by atoms with van der Waals surface area (Å²) in [5.41, 5.74) is 0.367. The maximum absolute atomic E-state index is 12.8. The number of hydrogen-bond acceptors (Lipinski definition) is 6. The van der Waals surface area contributed by atoms with Crippen molar-refractivity contribution >= 4 is 31.7 Å². The summed E-state index contributed by atoms with van der Waals surface area (Å²) in [5, 5.41) is 2.91. The van der Waals surface area contributed by atoms with Crippen molar-refractivity contribution in [2.45, 2.75) is 24.9 Å². The molecule has 2 fully saturated rings. The van der Waals surface area contributed by atoms with Crippen LogP contribution in [0.2, 0.25) is 0 Å². The first kappa shape index (κ1) is 19.4. The van der Waals surface area contributed by atoms with E-state index < -0.39 is 15.9 Å². The molecule has 2 aliphatic rings. The molecular formula is C17H23BrN2O5S. The Morgan fingerprint density at radius 3 is 2.27 bits per heavy atom. The highest BCUT2D eigenvalue weighted by Gasteiger charge is 2.42. The molecule has 2 heterocycles. The van der Waals surface area contributed by atoms with Crippen molar-refractivity contribution in [3.05, 3.63) is 22.2 Å². The summed E-state index contributed by atoms with van der Waals surface area (Å²) in [4.78, 5) is 14.9. The highest BCUT2D eigenvalue weighted by molar-refractivity contribution is 9.10. The molecule has 0 aliphatic carbocycles. The number of likely N-dealkylation sites (tertiary alicyclic amines) is 1. The Morgan fingerprint density at radius 2 is 1.73 bits per heavy atom. The Labute approximate surface area is 162 Å². The van der Waals surface area contributed by atoms with Gasteiger partial charge in [-0.05, 0) is 54.0 Å². The number of methoxy groups -OCH3 is 2. The fraction of sp³-hybridized carbons (Fsp3) is 0.588. The average Bonchev–Trinajstić information content (AvgIpc) is 3.22. The van der Waals surface area contributed by atoms with Gasteiger partial charge in [0.2, 0.25) is 0 Å². The van der Waals surface area contributed by atoms with Crippen LogP contribution in [0.1, 0.15) is 23.2 Å². The predicted octanol–water partition coefficient (Wildman–Crippen LogP) is 1.46. The maximum atomic E-state index is 12.8. The van der Waals surface area contributed by atoms with Crippen LogP contribution in [0.25, 0.3) is 0 Å². The zero-order valence-electron chi connectivity index (χ0n) is 14.8. The molecule has 0 aromatic heterocycles. The number of sulfone groups is 1.